The third-order valence-corrected chi connectivity index (χ3v) is 4.46. The van der Waals surface area contributed by atoms with Crippen molar-refractivity contribution in [3.05, 3.63) is 48.3 Å². The van der Waals surface area contributed by atoms with Gasteiger partial charge in [-0.1, -0.05) is 12.1 Å². The lowest BCUT2D eigenvalue weighted by molar-refractivity contribution is -0.134. The summed E-state index contributed by atoms with van der Waals surface area (Å²) in [5, 5.41) is 0. The molecule has 1 aromatic heterocycles. The van der Waals surface area contributed by atoms with E-state index >= 15 is 0 Å². The largest absolute Gasteiger partial charge is 0.491 e. The van der Waals surface area contributed by atoms with Gasteiger partial charge in [0.1, 0.15) is 18.0 Å². The monoisotopic (exact) mass is 357 g/mol. The van der Waals surface area contributed by atoms with Crippen LogP contribution in [0.15, 0.2) is 42.7 Å². The van der Waals surface area contributed by atoms with Crippen LogP contribution in [0, 0.1) is 6.92 Å². The molecule has 2 heterocycles. The van der Waals surface area contributed by atoms with E-state index in [4.69, 9.17) is 14.2 Å². The van der Waals surface area contributed by atoms with Crippen molar-refractivity contribution in [1.82, 2.24) is 14.9 Å². The minimum absolute atomic E-state index is 0.0947. The Balaban J connectivity index is 1.53. The number of aryl methyl sites for hydroxylation is 1. The summed E-state index contributed by atoms with van der Waals surface area (Å²) in [7, 11) is 1.65. The highest BCUT2D eigenvalue weighted by atomic mass is 16.5. The molecule has 0 unspecified atom stereocenters. The summed E-state index contributed by atoms with van der Waals surface area (Å²) in [6.45, 7) is 3.38. The first-order chi connectivity index (χ1) is 12.6. The standard InChI is InChI=1S/C19H23N3O4/c1-15-5-3-6-16(11-15)26-14-19(24-2)7-10-22(13-19)17(23)12-25-18-20-8-4-9-21-18/h3-6,8-9,11H,7,10,12-14H2,1-2H3/t19-/m1/s1. The maximum absolute atomic E-state index is 12.4. The first-order valence-corrected chi connectivity index (χ1v) is 8.52. The zero-order valence-corrected chi connectivity index (χ0v) is 15.1. The van der Waals surface area contributed by atoms with E-state index in [2.05, 4.69) is 9.97 Å². The maximum atomic E-state index is 12.4. The smallest absolute Gasteiger partial charge is 0.316 e. The van der Waals surface area contributed by atoms with Crippen molar-refractivity contribution in [2.24, 2.45) is 0 Å². The number of carbonyl (C=O) groups excluding carboxylic acids is 1. The van der Waals surface area contributed by atoms with Gasteiger partial charge in [0.25, 0.3) is 5.91 Å². The zero-order chi connectivity index (χ0) is 18.4. The number of amides is 1. The molecule has 2 aromatic rings. The van der Waals surface area contributed by atoms with Crippen LogP contribution in [0.2, 0.25) is 0 Å². The van der Waals surface area contributed by atoms with Gasteiger partial charge in [-0.15, -0.1) is 0 Å². The van der Waals surface area contributed by atoms with E-state index in [0.29, 0.717) is 26.1 Å². The number of aromatic nitrogens is 2. The van der Waals surface area contributed by atoms with Crippen LogP contribution < -0.4 is 9.47 Å². The minimum atomic E-state index is -0.511. The third-order valence-electron chi connectivity index (χ3n) is 4.46. The Kier molecular flexibility index (Phi) is 5.68. The first-order valence-electron chi connectivity index (χ1n) is 8.52. The van der Waals surface area contributed by atoms with Gasteiger partial charge in [-0.25, -0.2) is 9.97 Å². The molecule has 7 nitrogen and oxygen atoms in total. The number of hydrogen-bond acceptors (Lipinski definition) is 6. The molecule has 1 fully saturated rings. The zero-order valence-electron chi connectivity index (χ0n) is 15.1. The Morgan fingerprint density at radius 2 is 2.04 bits per heavy atom. The van der Waals surface area contributed by atoms with Crippen molar-refractivity contribution < 1.29 is 19.0 Å². The van der Waals surface area contributed by atoms with E-state index in [9.17, 15) is 4.79 Å². The molecule has 1 aromatic carbocycles. The summed E-state index contributed by atoms with van der Waals surface area (Å²) in [5.41, 5.74) is 0.625. The number of hydrogen-bond donors (Lipinski definition) is 0. The van der Waals surface area contributed by atoms with Crippen LogP contribution in [0.1, 0.15) is 12.0 Å². The van der Waals surface area contributed by atoms with Crippen molar-refractivity contribution in [2.75, 3.05) is 33.4 Å². The molecule has 0 radical (unpaired) electrons. The predicted octanol–water partition coefficient (Wildman–Crippen LogP) is 1.86. The van der Waals surface area contributed by atoms with Crippen LogP contribution in [0.4, 0.5) is 0 Å². The van der Waals surface area contributed by atoms with Crippen LogP contribution in [0.25, 0.3) is 0 Å². The first kappa shape index (κ1) is 18.1. The summed E-state index contributed by atoms with van der Waals surface area (Å²) in [6, 6.07) is 9.76. The fourth-order valence-electron chi connectivity index (χ4n) is 2.90. The number of benzene rings is 1. The van der Waals surface area contributed by atoms with Crippen molar-refractivity contribution >= 4 is 5.91 Å². The second-order valence-corrected chi connectivity index (χ2v) is 6.38. The fraction of sp³-hybridized carbons (Fsp3) is 0.421. The van der Waals surface area contributed by atoms with Gasteiger partial charge < -0.3 is 19.1 Å². The number of nitrogens with zero attached hydrogens (tertiary/aromatic N) is 3. The number of likely N-dealkylation sites (tertiary alicyclic amines) is 1. The van der Waals surface area contributed by atoms with E-state index in [0.717, 1.165) is 11.3 Å². The molecule has 7 heteroatoms. The average molecular weight is 357 g/mol. The molecule has 1 saturated heterocycles. The van der Waals surface area contributed by atoms with Crippen molar-refractivity contribution in [3.63, 3.8) is 0 Å². The van der Waals surface area contributed by atoms with Gasteiger partial charge >= 0.3 is 6.01 Å². The molecule has 0 bridgehead atoms. The normalized spacial score (nSPS) is 19.4. The fourth-order valence-corrected chi connectivity index (χ4v) is 2.90. The Labute approximate surface area is 152 Å². The SMILES string of the molecule is CO[C@]1(COc2cccc(C)c2)CCN(C(=O)COc2ncccn2)C1. The van der Waals surface area contributed by atoms with Gasteiger partial charge in [-0.3, -0.25) is 4.79 Å². The number of methoxy groups -OCH3 is 1. The molecule has 1 aliphatic rings. The van der Waals surface area contributed by atoms with Gasteiger partial charge in [-0.05, 0) is 37.1 Å². The van der Waals surface area contributed by atoms with Gasteiger partial charge in [0.2, 0.25) is 0 Å². The summed E-state index contributed by atoms with van der Waals surface area (Å²) >= 11 is 0. The second kappa shape index (κ2) is 8.14. The molecule has 1 amide bonds. The van der Waals surface area contributed by atoms with E-state index in [1.165, 1.54) is 0 Å². The maximum Gasteiger partial charge on any atom is 0.316 e. The summed E-state index contributed by atoms with van der Waals surface area (Å²) < 4.78 is 17.0. The van der Waals surface area contributed by atoms with Crippen molar-refractivity contribution in [1.29, 1.82) is 0 Å². The molecule has 0 spiro atoms. The molecule has 1 aliphatic heterocycles. The van der Waals surface area contributed by atoms with E-state index < -0.39 is 5.60 Å². The highest BCUT2D eigenvalue weighted by Crippen LogP contribution is 2.26. The van der Waals surface area contributed by atoms with Crippen LogP contribution >= 0.6 is 0 Å². The molecule has 3 rings (SSSR count). The van der Waals surface area contributed by atoms with E-state index in [1.54, 1.807) is 30.5 Å². The number of carbonyl (C=O) groups is 1. The highest BCUT2D eigenvalue weighted by Gasteiger charge is 2.41. The average Bonchev–Trinajstić information content (AvgIpc) is 3.11. The molecular weight excluding hydrogens is 334 g/mol. The lowest BCUT2D eigenvalue weighted by Crippen LogP contribution is -2.43. The molecule has 0 aliphatic carbocycles. The topological polar surface area (TPSA) is 73.8 Å². The molecule has 0 saturated carbocycles. The molecule has 138 valence electrons. The van der Waals surface area contributed by atoms with Crippen LogP contribution in [-0.4, -0.2) is 59.8 Å². The predicted molar refractivity (Wildman–Crippen MR) is 95.1 cm³/mol. The quantitative estimate of drug-likeness (QED) is 0.753. The van der Waals surface area contributed by atoms with E-state index in [1.807, 2.05) is 31.2 Å². The van der Waals surface area contributed by atoms with Crippen LogP contribution in [0.3, 0.4) is 0 Å². The Morgan fingerprint density at radius 3 is 2.77 bits per heavy atom. The van der Waals surface area contributed by atoms with Crippen LogP contribution in [0.5, 0.6) is 11.8 Å². The Morgan fingerprint density at radius 1 is 1.23 bits per heavy atom. The molecule has 1 atom stereocenters. The number of rotatable bonds is 7. The summed E-state index contributed by atoms with van der Waals surface area (Å²) in [4.78, 5) is 22.0. The summed E-state index contributed by atoms with van der Waals surface area (Å²) in [5.74, 6) is 0.683. The van der Waals surface area contributed by atoms with Gasteiger partial charge in [-0.2, -0.15) is 0 Å². The van der Waals surface area contributed by atoms with Gasteiger partial charge in [0.05, 0.1) is 6.54 Å². The highest BCUT2D eigenvalue weighted by molar-refractivity contribution is 5.78. The lowest BCUT2D eigenvalue weighted by atomic mass is 10.0. The Bertz CT molecular complexity index is 741. The second-order valence-electron chi connectivity index (χ2n) is 6.38. The Hall–Kier alpha value is -2.67. The summed E-state index contributed by atoms with van der Waals surface area (Å²) in [6.07, 6.45) is 3.85. The lowest BCUT2D eigenvalue weighted by Gasteiger charge is -2.28. The molecule has 0 N–H and O–H groups in total. The van der Waals surface area contributed by atoms with Gasteiger partial charge in [0.15, 0.2) is 6.61 Å². The third kappa shape index (κ3) is 4.49. The number of ether oxygens (including phenoxy) is 3. The van der Waals surface area contributed by atoms with Crippen LogP contribution in [-0.2, 0) is 9.53 Å². The molecular formula is C19H23N3O4. The molecule has 26 heavy (non-hydrogen) atoms. The van der Waals surface area contributed by atoms with Gasteiger partial charge in [0, 0.05) is 26.0 Å². The van der Waals surface area contributed by atoms with E-state index in [-0.39, 0.29) is 18.5 Å². The van der Waals surface area contributed by atoms with Crippen molar-refractivity contribution in [2.45, 2.75) is 18.9 Å². The minimum Gasteiger partial charge on any atom is -0.491 e. The van der Waals surface area contributed by atoms with Crippen molar-refractivity contribution in [3.8, 4) is 11.8 Å².